The Morgan fingerprint density at radius 2 is 2.20 bits per heavy atom. The summed E-state index contributed by atoms with van der Waals surface area (Å²) < 4.78 is -1.11. The van der Waals surface area contributed by atoms with Gasteiger partial charge in [0.15, 0.2) is 0 Å². The molecule has 0 aromatic rings. The van der Waals surface area contributed by atoms with Crippen LogP contribution < -0.4 is 0 Å². The largest absolute Gasteiger partial charge is 0.395 e. The van der Waals surface area contributed by atoms with E-state index in [0.717, 1.165) is 6.42 Å². The standard InChI is InChI=1S/C6H12BrClO2/c1-2-3-6(7,10)5(8)4-9/h5,9-10H,2-4H2,1H3. The van der Waals surface area contributed by atoms with Crippen LogP contribution in [0, 0.1) is 0 Å². The van der Waals surface area contributed by atoms with Gasteiger partial charge in [0.1, 0.15) is 4.51 Å². The van der Waals surface area contributed by atoms with Gasteiger partial charge in [-0.05, 0) is 6.42 Å². The Hall–Kier alpha value is 0.690. The van der Waals surface area contributed by atoms with Crippen molar-refractivity contribution in [1.29, 1.82) is 0 Å². The van der Waals surface area contributed by atoms with Gasteiger partial charge in [0.05, 0.1) is 12.0 Å². The second-order valence-corrected chi connectivity index (χ2v) is 4.12. The molecule has 0 saturated heterocycles. The van der Waals surface area contributed by atoms with Crippen molar-refractivity contribution >= 4 is 27.5 Å². The van der Waals surface area contributed by atoms with Crippen LogP contribution in [0.25, 0.3) is 0 Å². The van der Waals surface area contributed by atoms with E-state index >= 15 is 0 Å². The summed E-state index contributed by atoms with van der Waals surface area (Å²) in [6, 6.07) is 0. The van der Waals surface area contributed by atoms with Crippen LogP contribution in [0.5, 0.6) is 0 Å². The van der Waals surface area contributed by atoms with Gasteiger partial charge < -0.3 is 10.2 Å². The summed E-state index contributed by atoms with van der Waals surface area (Å²) in [5, 5.41) is 17.4. The molecule has 0 rings (SSSR count). The Labute approximate surface area is 74.3 Å². The van der Waals surface area contributed by atoms with Gasteiger partial charge in [-0.1, -0.05) is 29.3 Å². The van der Waals surface area contributed by atoms with Gasteiger partial charge in [-0.3, -0.25) is 0 Å². The number of hydrogen-bond donors (Lipinski definition) is 2. The van der Waals surface area contributed by atoms with E-state index in [9.17, 15) is 5.11 Å². The first-order valence-electron chi connectivity index (χ1n) is 3.20. The molecule has 0 bridgehead atoms. The molecule has 0 spiro atoms. The van der Waals surface area contributed by atoms with Gasteiger partial charge in [-0.15, -0.1) is 11.6 Å². The number of rotatable bonds is 4. The number of aliphatic hydroxyl groups excluding tert-OH is 1. The van der Waals surface area contributed by atoms with E-state index in [1.165, 1.54) is 0 Å². The minimum absolute atomic E-state index is 0.219. The molecule has 62 valence electrons. The molecule has 0 aromatic carbocycles. The Morgan fingerprint density at radius 3 is 2.50 bits per heavy atom. The molecule has 0 aliphatic heterocycles. The number of aliphatic hydroxyl groups is 2. The molecule has 0 aliphatic rings. The smallest absolute Gasteiger partial charge is 0.138 e. The fraction of sp³-hybridized carbons (Fsp3) is 1.00. The molecule has 0 fully saturated rings. The van der Waals surface area contributed by atoms with Gasteiger partial charge in [0.25, 0.3) is 0 Å². The van der Waals surface area contributed by atoms with Crippen molar-refractivity contribution < 1.29 is 10.2 Å². The van der Waals surface area contributed by atoms with Crippen LogP contribution in [-0.2, 0) is 0 Å². The molecule has 0 amide bonds. The van der Waals surface area contributed by atoms with Crippen LogP contribution >= 0.6 is 27.5 Å². The van der Waals surface area contributed by atoms with E-state index < -0.39 is 9.89 Å². The molecule has 2 atom stereocenters. The molecule has 0 radical (unpaired) electrons. The third kappa shape index (κ3) is 3.19. The molecular formula is C6H12BrClO2. The highest BCUT2D eigenvalue weighted by molar-refractivity contribution is 9.10. The lowest BCUT2D eigenvalue weighted by Gasteiger charge is -2.24. The molecule has 0 aliphatic carbocycles. The fourth-order valence-corrected chi connectivity index (χ4v) is 1.30. The van der Waals surface area contributed by atoms with E-state index in [1.807, 2.05) is 6.92 Å². The molecule has 0 aromatic heterocycles. The zero-order valence-corrected chi connectivity index (χ0v) is 8.19. The normalized spacial score (nSPS) is 20.1. The topological polar surface area (TPSA) is 40.5 Å². The lowest BCUT2D eigenvalue weighted by atomic mass is 10.1. The van der Waals surface area contributed by atoms with Crippen LogP contribution in [0.2, 0.25) is 0 Å². The SMILES string of the molecule is CCCC(O)(Br)C(Cl)CO. The van der Waals surface area contributed by atoms with E-state index in [1.54, 1.807) is 0 Å². The second kappa shape index (κ2) is 4.54. The minimum Gasteiger partial charge on any atom is -0.395 e. The zero-order chi connectivity index (χ0) is 8.20. The van der Waals surface area contributed by atoms with Crippen LogP contribution in [-0.4, -0.2) is 26.7 Å². The quantitative estimate of drug-likeness (QED) is 0.720. The average Bonchev–Trinajstić information content (AvgIpc) is 1.86. The fourth-order valence-electron chi connectivity index (χ4n) is 0.647. The van der Waals surface area contributed by atoms with E-state index in [4.69, 9.17) is 16.7 Å². The highest BCUT2D eigenvalue weighted by Gasteiger charge is 2.30. The first kappa shape index (κ1) is 10.7. The summed E-state index contributed by atoms with van der Waals surface area (Å²) in [5.74, 6) is 0. The summed E-state index contributed by atoms with van der Waals surface area (Å²) in [4.78, 5) is 0. The highest BCUT2D eigenvalue weighted by atomic mass is 79.9. The highest BCUT2D eigenvalue weighted by Crippen LogP contribution is 2.28. The number of hydrogen-bond acceptors (Lipinski definition) is 2. The van der Waals surface area contributed by atoms with Gasteiger partial charge >= 0.3 is 0 Å². The molecule has 10 heavy (non-hydrogen) atoms. The molecular weight excluding hydrogens is 219 g/mol. The van der Waals surface area contributed by atoms with E-state index in [-0.39, 0.29) is 6.61 Å². The summed E-state index contributed by atoms with van der Waals surface area (Å²) in [7, 11) is 0. The molecule has 4 heteroatoms. The average molecular weight is 232 g/mol. The Bertz CT molecular complexity index is 97.7. The van der Waals surface area contributed by atoms with Crippen molar-refractivity contribution in [1.82, 2.24) is 0 Å². The second-order valence-electron chi connectivity index (χ2n) is 2.22. The van der Waals surface area contributed by atoms with Crippen LogP contribution in [0.1, 0.15) is 19.8 Å². The summed E-state index contributed by atoms with van der Waals surface area (Å²) in [6.45, 7) is 1.72. The molecule has 2 N–H and O–H groups in total. The lowest BCUT2D eigenvalue weighted by Crippen LogP contribution is -2.34. The van der Waals surface area contributed by atoms with Crippen LogP contribution in [0.3, 0.4) is 0 Å². The number of halogens is 2. The van der Waals surface area contributed by atoms with Crippen LogP contribution in [0.15, 0.2) is 0 Å². The van der Waals surface area contributed by atoms with Crippen molar-refractivity contribution in [2.24, 2.45) is 0 Å². The number of alkyl halides is 2. The predicted molar refractivity (Wildman–Crippen MR) is 45.5 cm³/mol. The van der Waals surface area contributed by atoms with Gasteiger partial charge in [-0.2, -0.15) is 0 Å². The Kier molecular flexibility index (Phi) is 4.86. The monoisotopic (exact) mass is 230 g/mol. The van der Waals surface area contributed by atoms with Crippen molar-refractivity contribution in [3.05, 3.63) is 0 Å². The predicted octanol–water partition coefficient (Wildman–Crippen LogP) is 1.47. The van der Waals surface area contributed by atoms with E-state index in [2.05, 4.69) is 15.9 Å². The van der Waals surface area contributed by atoms with E-state index in [0.29, 0.717) is 6.42 Å². The van der Waals surface area contributed by atoms with Crippen molar-refractivity contribution in [2.45, 2.75) is 29.7 Å². The molecule has 0 saturated carbocycles. The summed E-state index contributed by atoms with van der Waals surface area (Å²) >= 11 is 8.62. The van der Waals surface area contributed by atoms with Gasteiger partial charge in [0, 0.05) is 0 Å². The minimum atomic E-state index is -1.11. The molecule has 2 nitrogen and oxygen atoms in total. The summed E-state index contributed by atoms with van der Waals surface area (Å²) in [6.07, 6.45) is 1.37. The third-order valence-corrected chi connectivity index (χ3v) is 2.95. The first-order valence-corrected chi connectivity index (χ1v) is 4.43. The maximum atomic E-state index is 9.41. The van der Waals surface area contributed by atoms with Crippen molar-refractivity contribution in [3.8, 4) is 0 Å². The van der Waals surface area contributed by atoms with Crippen molar-refractivity contribution in [3.63, 3.8) is 0 Å². The first-order chi connectivity index (χ1) is 4.54. The lowest BCUT2D eigenvalue weighted by molar-refractivity contribution is 0.104. The van der Waals surface area contributed by atoms with Gasteiger partial charge in [0.2, 0.25) is 0 Å². The van der Waals surface area contributed by atoms with Gasteiger partial charge in [-0.25, -0.2) is 0 Å². The molecule has 0 heterocycles. The third-order valence-electron chi connectivity index (χ3n) is 1.24. The maximum Gasteiger partial charge on any atom is 0.138 e. The Balaban J connectivity index is 3.82. The van der Waals surface area contributed by atoms with Crippen LogP contribution in [0.4, 0.5) is 0 Å². The maximum absolute atomic E-state index is 9.41. The zero-order valence-electron chi connectivity index (χ0n) is 5.85. The molecule has 2 unspecified atom stereocenters. The van der Waals surface area contributed by atoms with Crippen molar-refractivity contribution in [2.75, 3.05) is 6.61 Å². The summed E-state index contributed by atoms with van der Waals surface area (Å²) in [5.41, 5.74) is 0. The Morgan fingerprint density at radius 1 is 1.70 bits per heavy atom.